The Morgan fingerprint density at radius 2 is 1.75 bits per heavy atom. The molecule has 0 saturated carbocycles. The van der Waals surface area contributed by atoms with E-state index in [2.05, 4.69) is 4.90 Å². The average Bonchev–Trinajstić information content (AvgIpc) is 2.30. The number of ketones is 1. The molecule has 16 heavy (non-hydrogen) atoms. The van der Waals surface area contributed by atoms with Gasteiger partial charge in [-0.1, -0.05) is 12.1 Å². The molecule has 1 saturated heterocycles. The zero-order chi connectivity index (χ0) is 11.4. The number of nitrogens with zero attached hydrogens (tertiary/aromatic N) is 1. The molecule has 1 aliphatic rings. The normalized spacial score (nSPS) is 17.7. The summed E-state index contributed by atoms with van der Waals surface area (Å²) in [6.45, 7) is 2.71. The van der Waals surface area contributed by atoms with Crippen LogP contribution in [0.2, 0.25) is 0 Å². The summed E-state index contributed by atoms with van der Waals surface area (Å²) >= 11 is 0. The molecule has 1 aromatic carbocycles. The van der Waals surface area contributed by atoms with E-state index in [0.29, 0.717) is 18.6 Å². The maximum absolute atomic E-state index is 12.7. The Kier molecular flexibility index (Phi) is 3.67. The number of benzene rings is 1. The number of rotatable bonds is 3. The van der Waals surface area contributed by atoms with E-state index >= 15 is 0 Å². The van der Waals surface area contributed by atoms with E-state index in [9.17, 15) is 9.18 Å². The van der Waals surface area contributed by atoms with Crippen LogP contribution in [0, 0.1) is 5.82 Å². The highest BCUT2D eigenvalue weighted by atomic mass is 19.1. The van der Waals surface area contributed by atoms with E-state index < -0.39 is 0 Å². The number of Topliss-reactive ketones (excluding diaryl/α,β-unsaturated/α-hetero) is 1. The van der Waals surface area contributed by atoms with Crippen molar-refractivity contribution in [1.29, 1.82) is 0 Å². The molecule has 0 atom stereocenters. The fourth-order valence-corrected chi connectivity index (χ4v) is 1.96. The number of hydrogen-bond acceptors (Lipinski definition) is 2. The monoisotopic (exact) mass is 221 g/mol. The van der Waals surface area contributed by atoms with Crippen molar-refractivity contribution < 1.29 is 9.18 Å². The number of halogens is 1. The molecule has 0 amide bonds. The minimum absolute atomic E-state index is 0.188. The van der Waals surface area contributed by atoms with Crippen LogP contribution in [-0.2, 0) is 11.2 Å². The zero-order valence-corrected chi connectivity index (χ0v) is 9.29. The van der Waals surface area contributed by atoms with E-state index in [4.69, 9.17) is 0 Å². The van der Waals surface area contributed by atoms with Gasteiger partial charge in [-0.2, -0.15) is 0 Å². The van der Waals surface area contributed by atoms with Gasteiger partial charge >= 0.3 is 0 Å². The van der Waals surface area contributed by atoms with Crippen LogP contribution in [0.15, 0.2) is 24.3 Å². The molecule has 0 bridgehead atoms. The third-order valence-electron chi connectivity index (χ3n) is 3.04. The molecule has 0 unspecified atom stereocenters. The molecule has 2 nitrogen and oxygen atoms in total. The zero-order valence-electron chi connectivity index (χ0n) is 9.29. The Labute approximate surface area is 95.1 Å². The number of carbonyl (C=O) groups excluding carboxylic acids is 1. The van der Waals surface area contributed by atoms with E-state index in [1.807, 2.05) is 12.1 Å². The molecule has 1 fully saturated rings. The lowest BCUT2D eigenvalue weighted by atomic mass is 10.1. The van der Waals surface area contributed by atoms with E-state index in [1.165, 1.54) is 12.1 Å². The van der Waals surface area contributed by atoms with Crippen molar-refractivity contribution in [3.05, 3.63) is 35.6 Å². The smallest absolute Gasteiger partial charge is 0.135 e. The van der Waals surface area contributed by atoms with Gasteiger partial charge in [-0.3, -0.25) is 4.79 Å². The van der Waals surface area contributed by atoms with Crippen LogP contribution in [-0.4, -0.2) is 30.3 Å². The van der Waals surface area contributed by atoms with Crippen LogP contribution in [0.4, 0.5) is 4.39 Å². The molecule has 1 aromatic rings. The predicted molar refractivity (Wildman–Crippen MR) is 60.8 cm³/mol. The van der Waals surface area contributed by atoms with Gasteiger partial charge in [-0.25, -0.2) is 4.39 Å². The first-order valence-corrected chi connectivity index (χ1v) is 5.72. The van der Waals surface area contributed by atoms with Crippen LogP contribution in [0.3, 0.4) is 0 Å². The molecule has 0 N–H and O–H groups in total. The molecule has 0 aliphatic carbocycles. The molecular formula is C13H16FNO. The third kappa shape index (κ3) is 3.14. The van der Waals surface area contributed by atoms with Gasteiger partial charge in [0.15, 0.2) is 0 Å². The number of hydrogen-bond donors (Lipinski definition) is 0. The van der Waals surface area contributed by atoms with Crippen molar-refractivity contribution in [1.82, 2.24) is 4.90 Å². The summed E-state index contributed by atoms with van der Waals surface area (Å²) in [7, 11) is 0. The van der Waals surface area contributed by atoms with Crippen LogP contribution in [0.25, 0.3) is 0 Å². The van der Waals surface area contributed by atoms with Gasteiger partial charge in [-0.15, -0.1) is 0 Å². The predicted octanol–water partition coefficient (Wildman–Crippen LogP) is 2.03. The maximum Gasteiger partial charge on any atom is 0.135 e. The van der Waals surface area contributed by atoms with Gasteiger partial charge in [-0.05, 0) is 24.1 Å². The number of piperidine rings is 1. The quantitative estimate of drug-likeness (QED) is 0.778. The first kappa shape index (κ1) is 11.3. The molecule has 0 radical (unpaired) electrons. The lowest BCUT2D eigenvalue weighted by Crippen LogP contribution is -2.35. The Hall–Kier alpha value is -1.22. The second-order valence-electron chi connectivity index (χ2n) is 4.26. The fraction of sp³-hybridized carbons (Fsp3) is 0.462. The van der Waals surface area contributed by atoms with Gasteiger partial charge in [0.25, 0.3) is 0 Å². The van der Waals surface area contributed by atoms with Gasteiger partial charge < -0.3 is 4.90 Å². The SMILES string of the molecule is O=C1CCN(CCc2ccc(F)cc2)CC1. The Bertz CT molecular complexity index is 351. The van der Waals surface area contributed by atoms with Crippen LogP contribution in [0.1, 0.15) is 18.4 Å². The Morgan fingerprint density at radius 1 is 1.12 bits per heavy atom. The fourth-order valence-electron chi connectivity index (χ4n) is 1.96. The molecule has 86 valence electrons. The summed E-state index contributed by atoms with van der Waals surface area (Å²) in [5.41, 5.74) is 1.15. The molecular weight excluding hydrogens is 205 g/mol. The minimum atomic E-state index is -0.188. The minimum Gasteiger partial charge on any atom is -0.302 e. The summed E-state index contributed by atoms with van der Waals surface area (Å²) in [5, 5.41) is 0. The Morgan fingerprint density at radius 3 is 2.38 bits per heavy atom. The lowest BCUT2D eigenvalue weighted by Gasteiger charge is -2.25. The summed E-state index contributed by atoms with van der Waals surface area (Å²) < 4.78 is 12.7. The van der Waals surface area contributed by atoms with Crippen molar-refractivity contribution >= 4 is 5.78 Å². The summed E-state index contributed by atoms with van der Waals surface area (Å²) in [6.07, 6.45) is 2.29. The standard InChI is InChI=1S/C13H16FNO/c14-12-3-1-11(2-4-12)5-8-15-9-6-13(16)7-10-15/h1-4H,5-10H2. The van der Waals surface area contributed by atoms with Crippen molar-refractivity contribution in [3.63, 3.8) is 0 Å². The highest BCUT2D eigenvalue weighted by molar-refractivity contribution is 5.79. The summed E-state index contributed by atoms with van der Waals surface area (Å²) in [4.78, 5) is 13.3. The van der Waals surface area contributed by atoms with Crippen molar-refractivity contribution in [3.8, 4) is 0 Å². The summed E-state index contributed by atoms with van der Waals surface area (Å²) in [5.74, 6) is 0.186. The summed E-state index contributed by atoms with van der Waals surface area (Å²) in [6, 6.07) is 6.64. The van der Waals surface area contributed by atoms with Crippen molar-refractivity contribution in [2.45, 2.75) is 19.3 Å². The number of likely N-dealkylation sites (tertiary alicyclic amines) is 1. The van der Waals surface area contributed by atoms with Gasteiger partial charge in [0.2, 0.25) is 0 Å². The molecule has 2 rings (SSSR count). The van der Waals surface area contributed by atoms with E-state index in [-0.39, 0.29) is 5.82 Å². The molecule has 0 aromatic heterocycles. The average molecular weight is 221 g/mol. The highest BCUT2D eigenvalue weighted by Gasteiger charge is 2.15. The second kappa shape index (κ2) is 5.21. The van der Waals surface area contributed by atoms with Crippen LogP contribution >= 0.6 is 0 Å². The molecule has 1 aliphatic heterocycles. The van der Waals surface area contributed by atoms with Crippen LogP contribution < -0.4 is 0 Å². The Balaban J connectivity index is 1.79. The first-order valence-electron chi connectivity index (χ1n) is 5.72. The van der Waals surface area contributed by atoms with E-state index in [0.717, 1.165) is 31.6 Å². The van der Waals surface area contributed by atoms with Gasteiger partial charge in [0, 0.05) is 32.5 Å². The lowest BCUT2D eigenvalue weighted by molar-refractivity contribution is -0.121. The van der Waals surface area contributed by atoms with Gasteiger partial charge in [0.05, 0.1) is 0 Å². The van der Waals surface area contributed by atoms with Crippen LogP contribution in [0.5, 0.6) is 0 Å². The maximum atomic E-state index is 12.7. The van der Waals surface area contributed by atoms with Gasteiger partial charge in [0.1, 0.15) is 11.6 Å². The topological polar surface area (TPSA) is 20.3 Å². The highest BCUT2D eigenvalue weighted by Crippen LogP contribution is 2.08. The first-order chi connectivity index (χ1) is 7.74. The third-order valence-corrected chi connectivity index (χ3v) is 3.04. The molecule has 3 heteroatoms. The van der Waals surface area contributed by atoms with Crippen molar-refractivity contribution in [2.75, 3.05) is 19.6 Å². The second-order valence-corrected chi connectivity index (χ2v) is 4.26. The number of carbonyl (C=O) groups is 1. The largest absolute Gasteiger partial charge is 0.302 e. The molecule has 0 spiro atoms. The molecule has 1 heterocycles. The van der Waals surface area contributed by atoms with Crippen molar-refractivity contribution in [2.24, 2.45) is 0 Å². The van der Waals surface area contributed by atoms with E-state index in [1.54, 1.807) is 0 Å².